The number of carbonyl (C=O) groups is 2. The van der Waals surface area contributed by atoms with Crippen molar-refractivity contribution in [2.75, 3.05) is 26.4 Å². The van der Waals surface area contributed by atoms with Gasteiger partial charge in [-0.25, -0.2) is 9.59 Å². The van der Waals surface area contributed by atoms with Crippen LogP contribution in [0.1, 0.15) is 108 Å². The summed E-state index contributed by atoms with van der Waals surface area (Å²) in [6.45, 7) is 9.60. The van der Waals surface area contributed by atoms with Crippen LogP contribution in [0, 0.1) is 0 Å². The molecular formula is C38H52O7. The van der Waals surface area contributed by atoms with Crippen molar-refractivity contribution in [2.24, 2.45) is 0 Å². The Hall–Kier alpha value is -3.58. The molecule has 0 aliphatic carbocycles. The van der Waals surface area contributed by atoms with Crippen molar-refractivity contribution in [3.63, 3.8) is 0 Å². The molecule has 0 bridgehead atoms. The van der Waals surface area contributed by atoms with Crippen molar-refractivity contribution in [1.29, 1.82) is 0 Å². The minimum Gasteiger partial charge on any atom is -0.493 e. The lowest BCUT2D eigenvalue weighted by Crippen LogP contribution is -2.19. The summed E-state index contributed by atoms with van der Waals surface area (Å²) < 4.78 is 28.5. The second kappa shape index (κ2) is 21.2. The first-order valence-electron chi connectivity index (χ1n) is 16.9. The Bertz CT molecular complexity index is 1280. The molecule has 3 aromatic rings. The van der Waals surface area contributed by atoms with E-state index >= 15 is 0 Å². The average molecular weight is 621 g/mol. The topological polar surface area (TPSA) is 84.2 Å². The number of esters is 2. The Morgan fingerprint density at radius 3 is 2.13 bits per heavy atom. The van der Waals surface area contributed by atoms with Gasteiger partial charge in [0, 0.05) is 18.2 Å². The predicted octanol–water partition coefficient (Wildman–Crippen LogP) is 9.86. The van der Waals surface area contributed by atoms with Crippen molar-refractivity contribution in [1.82, 2.24) is 0 Å². The highest BCUT2D eigenvalue weighted by molar-refractivity contribution is 5.91. The largest absolute Gasteiger partial charge is 0.493 e. The number of hydrogen-bond donors (Lipinski definition) is 0. The molecule has 7 heteroatoms. The molecule has 1 unspecified atom stereocenters. The molecular weight excluding hydrogens is 568 g/mol. The van der Waals surface area contributed by atoms with Crippen LogP contribution in [-0.2, 0) is 19.0 Å². The van der Waals surface area contributed by atoms with E-state index in [-0.39, 0.29) is 24.6 Å². The summed E-state index contributed by atoms with van der Waals surface area (Å²) in [6, 6.07) is 15.2. The molecule has 0 spiro atoms. The first-order valence-corrected chi connectivity index (χ1v) is 16.9. The summed E-state index contributed by atoms with van der Waals surface area (Å²) in [5, 5.41) is 0.943. The highest BCUT2D eigenvalue weighted by Crippen LogP contribution is 2.33. The Labute approximate surface area is 269 Å². The lowest BCUT2D eigenvalue weighted by Gasteiger charge is -2.13. The first-order chi connectivity index (χ1) is 22.0. The minimum atomic E-state index is -0.357. The van der Waals surface area contributed by atoms with E-state index in [1.54, 1.807) is 12.1 Å². The fourth-order valence-corrected chi connectivity index (χ4v) is 5.07. The zero-order chi connectivity index (χ0) is 32.1. The van der Waals surface area contributed by atoms with Gasteiger partial charge in [0.25, 0.3) is 0 Å². The van der Waals surface area contributed by atoms with Gasteiger partial charge in [0.15, 0.2) is 0 Å². The number of fused-ring (bicyclic) bond motifs is 1. The van der Waals surface area contributed by atoms with E-state index in [9.17, 15) is 9.59 Å². The SMILES string of the molecule is C=CC(=O)OCCCCCCCCCCCOc1cccc2oc(-c3ccc(C(=O)OCC(C)OCCCCCC)cc3)cc12. The Morgan fingerprint density at radius 2 is 1.44 bits per heavy atom. The number of benzene rings is 2. The normalized spacial score (nSPS) is 11.8. The molecule has 0 fully saturated rings. The third-order valence-corrected chi connectivity index (χ3v) is 7.73. The molecule has 7 nitrogen and oxygen atoms in total. The van der Waals surface area contributed by atoms with E-state index in [2.05, 4.69) is 13.5 Å². The van der Waals surface area contributed by atoms with Crippen molar-refractivity contribution in [3.05, 3.63) is 66.7 Å². The quantitative estimate of drug-likeness (QED) is 0.0560. The number of furan rings is 1. The minimum absolute atomic E-state index is 0.128. The van der Waals surface area contributed by atoms with Gasteiger partial charge in [0.1, 0.15) is 23.7 Å². The molecule has 0 aliphatic heterocycles. The van der Waals surface area contributed by atoms with Gasteiger partial charge in [0.2, 0.25) is 0 Å². The van der Waals surface area contributed by atoms with E-state index in [0.29, 0.717) is 25.4 Å². The molecule has 246 valence electrons. The van der Waals surface area contributed by atoms with Crippen molar-refractivity contribution >= 4 is 22.9 Å². The zero-order valence-corrected chi connectivity index (χ0v) is 27.4. The van der Waals surface area contributed by atoms with Gasteiger partial charge in [0.05, 0.1) is 30.3 Å². The van der Waals surface area contributed by atoms with Crippen LogP contribution in [0.25, 0.3) is 22.3 Å². The fraction of sp³-hybridized carbons (Fsp3) is 0.526. The Morgan fingerprint density at radius 1 is 0.800 bits per heavy atom. The summed E-state index contributed by atoms with van der Waals surface area (Å²) in [5.74, 6) is 0.851. The molecule has 0 radical (unpaired) electrons. The van der Waals surface area contributed by atoms with E-state index in [1.165, 1.54) is 57.4 Å². The summed E-state index contributed by atoms with van der Waals surface area (Å²) in [4.78, 5) is 23.6. The lowest BCUT2D eigenvalue weighted by molar-refractivity contribution is -0.137. The monoisotopic (exact) mass is 620 g/mol. The van der Waals surface area contributed by atoms with Gasteiger partial charge >= 0.3 is 11.9 Å². The molecule has 1 heterocycles. The number of rotatable bonds is 24. The van der Waals surface area contributed by atoms with Crippen LogP contribution in [0.5, 0.6) is 5.75 Å². The maximum absolute atomic E-state index is 12.5. The molecule has 0 N–H and O–H groups in total. The van der Waals surface area contributed by atoms with Gasteiger partial charge < -0.3 is 23.4 Å². The van der Waals surface area contributed by atoms with E-state index in [0.717, 1.165) is 60.1 Å². The second-order valence-electron chi connectivity index (χ2n) is 11.6. The third-order valence-electron chi connectivity index (χ3n) is 7.73. The number of ether oxygens (including phenoxy) is 4. The van der Waals surface area contributed by atoms with Crippen molar-refractivity contribution < 1.29 is 33.0 Å². The molecule has 1 atom stereocenters. The van der Waals surface area contributed by atoms with Crippen LogP contribution in [0.15, 0.2) is 65.6 Å². The highest BCUT2D eigenvalue weighted by atomic mass is 16.6. The lowest BCUT2D eigenvalue weighted by atomic mass is 10.1. The van der Waals surface area contributed by atoms with Gasteiger partial charge in [-0.3, -0.25) is 0 Å². The van der Waals surface area contributed by atoms with E-state index in [1.807, 2.05) is 43.3 Å². The maximum Gasteiger partial charge on any atom is 0.338 e. The smallest absolute Gasteiger partial charge is 0.338 e. The summed E-state index contributed by atoms with van der Waals surface area (Å²) in [5.41, 5.74) is 2.15. The van der Waals surface area contributed by atoms with Crippen LogP contribution < -0.4 is 4.74 Å². The summed E-state index contributed by atoms with van der Waals surface area (Å²) in [6.07, 6.45) is 15.9. The highest BCUT2D eigenvalue weighted by Gasteiger charge is 2.14. The average Bonchev–Trinajstić information content (AvgIpc) is 3.51. The zero-order valence-electron chi connectivity index (χ0n) is 27.4. The molecule has 2 aromatic carbocycles. The van der Waals surface area contributed by atoms with Gasteiger partial charge in [-0.2, -0.15) is 0 Å². The number of hydrogen-bond acceptors (Lipinski definition) is 7. The molecule has 0 aliphatic rings. The molecule has 0 saturated heterocycles. The van der Waals surface area contributed by atoms with Crippen molar-refractivity contribution in [3.8, 4) is 17.1 Å². The van der Waals surface area contributed by atoms with Crippen LogP contribution in [0.3, 0.4) is 0 Å². The van der Waals surface area contributed by atoms with E-state index in [4.69, 9.17) is 23.4 Å². The summed E-state index contributed by atoms with van der Waals surface area (Å²) in [7, 11) is 0. The van der Waals surface area contributed by atoms with E-state index < -0.39 is 0 Å². The van der Waals surface area contributed by atoms with Crippen LogP contribution in [0.4, 0.5) is 0 Å². The third kappa shape index (κ3) is 13.5. The Kier molecular flexibility index (Phi) is 16.9. The maximum atomic E-state index is 12.5. The fourth-order valence-electron chi connectivity index (χ4n) is 5.07. The molecule has 45 heavy (non-hydrogen) atoms. The van der Waals surface area contributed by atoms with Gasteiger partial charge in [-0.05, 0) is 56.5 Å². The van der Waals surface area contributed by atoms with Crippen LogP contribution in [-0.4, -0.2) is 44.5 Å². The molecule has 0 saturated carbocycles. The standard InChI is InChI=1S/C38H52O7/c1-4-6-7-15-25-41-30(3)29-44-38(40)32-23-21-31(22-24-32)36-28-33-34(19-18-20-35(33)45-36)42-26-16-13-11-9-8-10-12-14-17-27-43-37(39)5-2/h5,18-24,28,30H,2,4,6-17,25-27,29H2,1,3H3. The first kappa shape index (κ1) is 35.9. The van der Waals surface area contributed by atoms with Crippen LogP contribution >= 0.6 is 0 Å². The van der Waals surface area contributed by atoms with Gasteiger partial charge in [-0.15, -0.1) is 0 Å². The number of unbranched alkanes of at least 4 members (excludes halogenated alkanes) is 11. The summed E-state index contributed by atoms with van der Waals surface area (Å²) >= 11 is 0. The van der Waals surface area contributed by atoms with Crippen LogP contribution in [0.2, 0.25) is 0 Å². The van der Waals surface area contributed by atoms with Crippen molar-refractivity contribution in [2.45, 2.75) is 103 Å². The molecule has 0 amide bonds. The predicted molar refractivity (Wildman–Crippen MR) is 180 cm³/mol. The Balaban J connectivity index is 1.34. The second-order valence-corrected chi connectivity index (χ2v) is 11.6. The molecule has 3 rings (SSSR count). The number of carbonyl (C=O) groups excluding carboxylic acids is 2. The molecule has 1 aromatic heterocycles. The van der Waals surface area contributed by atoms with Gasteiger partial charge in [-0.1, -0.05) is 95.9 Å².